The van der Waals surface area contributed by atoms with E-state index < -0.39 is 17.7 Å². The normalized spacial score (nSPS) is 19.8. The minimum atomic E-state index is -0.785. The third-order valence-corrected chi connectivity index (χ3v) is 7.00. The number of hydrogen-bond acceptors (Lipinski definition) is 6. The second-order valence-electron chi connectivity index (χ2n) is 9.53. The summed E-state index contributed by atoms with van der Waals surface area (Å²) in [5, 5.41) is 11.5. The van der Waals surface area contributed by atoms with Crippen molar-refractivity contribution >= 4 is 17.4 Å². The van der Waals surface area contributed by atoms with Crippen LogP contribution < -0.4 is 14.2 Å². The molecule has 0 saturated carbocycles. The second-order valence-corrected chi connectivity index (χ2v) is 9.53. The number of amides is 1. The Balaban J connectivity index is 1.60. The molecule has 3 aromatic carbocycles. The van der Waals surface area contributed by atoms with Crippen molar-refractivity contribution in [3.8, 4) is 17.2 Å². The van der Waals surface area contributed by atoms with Gasteiger partial charge in [-0.15, -0.1) is 0 Å². The summed E-state index contributed by atoms with van der Waals surface area (Å²) in [6.45, 7) is 4.64. The van der Waals surface area contributed by atoms with Gasteiger partial charge in [-0.05, 0) is 67.3 Å². The van der Waals surface area contributed by atoms with E-state index in [1.54, 1.807) is 31.4 Å². The number of ether oxygens (including phenoxy) is 3. The van der Waals surface area contributed by atoms with E-state index >= 15 is 0 Å². The van der Waals surface area contributed by atoms with Gasteiger partial charge in [-0.3, -0.25) is 9.59 Å². The highest BCUT2D eigenvalue weighted by atomic mass is 16.5. The van der Waals surface area contributed by atoms with Gasteiger partial charge in [0.15, 0.2) is 11.5 Å². The predicted molar refractivity (Wildman–Crippen MR) is 144 cm³/mol. The Bertz CT molecular complexity index is 1400. The molecule has 7 heteroatoms. The second kappa shape index (κ2) is 10.6. The third kappa shape index (κ3) is 4.72. The van der Waals surface area contributed by atoms with Gasteiger partial charge in [0.05, 0.1) is 25.3 Å². The summed E-state index contributed by atoms with van der Waals surface area (Å²) in [7, 11) is 1.54. The average Bonchev–Trinajstić information content (AvgIpc) is 3.43. The van der Waals surface area contributed by atoms with Gasteiger partial charge < -0.3 is 24.2 Å². The number of nitrogens with zero attached hydrogens (tertiary/aromatic N) is 1. The molecule has 1 N–H and O–H groups in total. The first-order chi connectivity index (χ1) is 18.4. The third-order valence-electron chi connectivity index (χ3n) is 7.00. The average molecular weight is 514 g/mol. The van der Waals surface area contributed by atoms with Crippen LogP contribution in [-0.4, -0.2) is 48.1 Å². The maximum atomic E-state index is 13.4. The molecule has 196 valence electrons. The molecular weight excluding hydrogens is 482 g/mol. The standard InChI is InChI=1S/C31H31NO6/c1-4-37-25-13-10-21(18-26(25)36-3)28-27(29(33)22-11-12-24-23(17-22)16-19(2)38-24)30(34)31(35)32(28)15-14-20-8-6-5-7-9-20/h5-13,17-19,28,33H,4,14-16H2,1-3H3/b29-27+/t19-,28-/m1/s1. The molecule has 7 nitrogen and oxygen atoms in total. The van der Waals surface area contributed by atoms with Crippen LogP contribution >= 0.6 is 0 Å². The first-order valence-electron chi connectivity index (χ1n) is 12.8. The lowest BCUT2D eigenvalue weighted by Crippen LogP contribution is -2.31. The van der Waals surface area contributed by atoms with Crippen LogP contribution in [0.5, 0.6) is 17.2 Å². The van der Waals surface area contributed by atoms with Gasteiger partial charge in [0.1, 0.15) is 17.6 Å². The van der Waals surface area contributed by atoms with Crippen molar-refractivity contribution in [2.75, 3.05) is 20.3 Å². The number of aliphatic hydroxyl groups is 1. The van der Waals surface area contributed by atoms with Crippen molar-refractivity contribution in [3.63, 3.8) is 0 Å². The van der Waals surface area contributed by atoms with Crippen molar-refractivity contribution in [3.05, 3.63) is 94.6 Å². The molecule has 0 spiro atoms. The van der Waals surface area contributed by atoms with E-state index in [2.05, 4.69) is 0 Å². The molecule has 0 unspecified atom stereocenters. The fourth-order valence-corrected chi connectivity index (χ4v) is 5.21. The van der Waals surface area contributed by atoms with Crippen LogP contribution in [0.25, 0.3) is 5.76 Å². The number of likely N-dealkylation sites (tertiary alicyclic amines) is 1. The minimum absolute atomic E-state index is 0.0438. The number of rotatable bonds is 8. The van der Waals surface area contributed by atoms with Gasteiger partial charge in [-0.25, -0.2) is 0 Å². The van der Waals surface area contributed by atoms with E-state index in [1.165, 1.54) is 4.90 Å². The topological polar surface area (TPSA) is 85.3 Å². The van der Waals surface area contributed by atoms with Crippen molar-refractivity contribution in [1.29, 1.82) is 0 Å². The zero-order valence-corrected chi connectivity index (χ0v) is 21.8. The molecule has 1 amide bonds. The first-order valence-corrected chi connectivity index (χ1v) is 12.8. The highest BCUT2D eigenvalue weighted by Crippen LogP contribution is 2.42. The zero-order valence-electron chi connectivity index (χ0n) is 21.8. The molecule has 2 aliphatic heterocycles. The molecule has 3 aromatic rings. The molecule has 0 aromatic heterocycles. The molecule has 2 aliphatic rings. The number of aliphatic hydroxyl groups excluding tert-OH is 1. The monoisotopic (exact) mass is 513 g/mol. The van der Waals surface area contributed by atoms with Crippen LogP contribution in [0.1, 0.15) is 42.1 Å². The smallest absolute Gasteiger partial charge is 0.295 e. The van der Waals surface area contributed by atoms with Gasteiger partial charge in [0, 0.05) is 18.5 Å². The first kappa shape index (κ1) is 25.4. The van der Waals surface area contributed by atoms with Crippen LogP contribution in [-0.2, 0) is 22.4 Å². The lowest BCUT2D eigenvalue weighted by Gasteiger charge is -2.26. The quantitative estimate of drug-likeness (QED) is 0.257. The van der Waals surface area contributed by atoms with Crippen LogP contribution in [0.3, 0.4) is 0 Å². The molecule has 2 heterocycles. The molecule has 0 radical (unpaired) electrons. The van der Waals surface area contributed by atoms with E-state index in [1.807, 2.05) is 56.3 Å². The van der Waals surface area contributed by atoms with Crippen LogP contribution in [0.2, 0.25) is 0 Å². The number of benzene rings is 3. The molecule has 0 bridgehead atoms. The summed E-state index contributed by atoms with van der Waals surface area (Å²) in [6.07, 6.45) is 1.32. The molecule has 0 aliphatic carbocycles. The largest absolute Gasteiger partial charge is 0.507 e. The maximum absolute atomic E-state index is 13.4. The molecule has 1 saturated heterocycles. The summed E-state index contributed by atoms with van der Waals surface area (Å²) < 4.78 is 17.0. The summed E-state index contributed by atoms with van der Waals surface area (Å²) in [4.78, 5) is 28.3. The molecule has 2 atom stereocenters. The molecule has 5 rings (SSSR count). The molecular formula is C31H31NO6. The SMILES string of the molecule is CCOc1ccc([C@@H]2/C(=C(\O)c3ccc4c(c3)C[C@@H](C)O4)C(=O)C(=O)N2CCc2ccccc2)cc1OC. The van der Waals surface area contributed by atoms with E-state index in [4.69, 9.17) is 14.2 Å². The Morgan fingerprint density at radius 2 is 1.84 bits per heavy atom. The molecule has 38 heavy (non-hydrogen) atoms. The van der Waals surface area contributed by atoms with E-state index in [0.717, 1.165) is 16.9 Å². The van der Waals surface area contributed by atoms with Gasteiger partial charge in [-0.1, -0.05) is 36.4 Å². The predicted octanol–water partition coefficient (Wildman–Crippen LogP) is 5.08. The van der Waals surface area contributed by atoms with Gasteiger partial charge in [-0.2, -0.15) is 0 Å². The molecule has 1 fully saturated rings. The number of Topliss-reactive ketones (excluding diaryl/α,β-unsaturated/α-hetero) is 1. The van der Waals surface area contributed by atoms with Crippen molar-refractivity contribution in [2.45, 2.75) is 38.8 Å². The lowest BCUT2D eigenvalue weighted by molar-refractivity contribution is -0.139. The Kier molecular flexibility index (Phi) is 7.09. The van der Waals surface area contributed by atoms with Crippen LogP contribution in [0.15, 0.2) is 72.3 Å². The minimum Gasteiger partial charge on any atom is -0.507 e. The number of methoxy groups -OCH3 is 1. The van der Waals surface area contributed by atoms with E-state index in [9.17, 15) is 14.7 Å². The summed E-state index contributed by atoms with van der Waals surface area (Å²) in [5.41, 5.74) is 3.19. The highest BCUT2D eigenvalue weighted by Gasteiger charge is 2.46. The maximum Gasteiger partial charge on any atom is 0.295 e. The van der Waals surface area contributed by atoms with Gasteiger partial charge in [0.2, 0.25) is 0 Å². The number of ketones is 1. The van der Waals surface area contributed by atoms with Crippen molar-refractivity contribution in [1.82, 2.24) is 4.90 Å². The number of carbonyl (C=O) groups excluding carboxylic acids is 2. The van der Waals surface area contributed by atoms with Crippen LogP contribution in [0, 0.1) is 0 Å². The van der Waals surface area contributed by atoms with Crippen molar-refractivity contribution in [2.24, 2.45) is 0 Å². The Hall–Kier alpha value is -4.26. The summed E-state index contributed by atoms with van der Waals surface area (Å²) >= 11 is 0. The van der Waals surface area contributed by atoms with E-state index in [0.29, 0.717) is 48.6 Å². The fourth-order valence-electron chi connectivity index (χ4n) is 5.21. The Morgan fingerprint density at radius 3 is 2.58 bits per heavy atom. The zero-order chi connectivity index (χ0) is 26.8. The summed E-state index contributed by atoms with van der Waals surface area (Å²) in [5.74, 6) is 0.266. The van der Waals surface area contributed by atoms with Crippen LogP contribution in [0.4, 0.5) is 0 Å². The number of fused-ring (bicyclic) bond motifs is 1. The fraction of sp³-hybridized carbons (Fsp3) is 0.290. The Morgan fingerprint density at radius 1 is 1.05 bits per heavy atom. The highest BCUT2D eigenvalue weighted by molar-refractivity contribution is 6.46. The lowest BCUT2D eigenvalue weighted by atomic mass is 9.94. The summed E-state index contributed by atoms with van der Waals surface area (Å²) in [6, 6.07) is 19.7. The van der Waals surface area contributed by atoms with E-state index in [-0.39, 0.29) is 17.4 Å². The Labute approximate surface area is 222 Å². The van der Waals surface area contributed by atoms with Gasteiger partial charge >= 0.3 is 0 Å². The number of hydrogen-bond donors (Lipinski definition) is 1. The number of carbonyl (C=O) groups is 2. The van der Waals surface area contributed by atoms with Crippen molar-refractivity contribution < 1.29 is 28.9 Å². The van der Waals surface area contributed by atoms with Gasteiger partial charge in [0.25, 0.3) is 11.7 Å².